The van der Waals surface area contributed by atoms with E-state index in [2.05, 4.69) is 10.0 Å². The van der Waals surface area contributed by atoms with E-state index in [-0.39, 0.29) is 30.4 Å². The Hall–Kier alpha value is -0.180. The van der Waals surface area contributed by atoms with Gasteiger partial charge in [-0.3, -0.25) is 0 Å². The highest BCUT2D eigenvalue weighted by Crippen LogP contribution is 2.18. The molecule has 0 aromatic carbocycles. The summed E-state index contributed by atoms with van der Waals surface area (Å²) in [5.74, 6) is -0.0273. The van der Waals surface area contributed by atoms with Crippen LogP contribution in [0, 0.1) is 0 Å². The van der Waals surface area contributed by atoms with Crippen molar-refractivity contribution in [3.63, 3.8) is 0 Å². The molecule has 2 N–H and O–H groups in total. The number of sulfone groups is 1. The second-order valence-electron chi connectivity index (χ2n) is 5.04. The minimum absolute atomic E-state index is 0.0136. The fourth-order valence-corrected chi connectivity index (χ4v) is 5.76. The Kier molecular flexibility index (Phi) is 4.30. The number of hydrogen-bond acceptors (Lipinski definition) is 5. The van der Waals surface area contributed by atoms with Gasteiger partial charge in [-0.2, -0.15) is 0 Å². The zero-order valence-electron chi connectivity index (χ0n) is 10.3. The molecule has 6 nitrogen and oxygen atoms in total. The summed E-state index contributed by atoms with van der Waals surface area (Å²) >= 11 is 0. The average molecular weight is 296 g/mol. The topological polar surface area (TPSA) is 92.3 Å². The maximum absolute atomic E-state index is 12.0. The monoisotopic (exact) mass is 296 g/mol. The summed E-state index contributed by atoms with van der Waals surface area (Å²) < 4.78 is 49.2. The molecule has 1 atom stereocenters. The Morgan fingerprint density at radius 3 is 2.39 bits per heavy atom. The summed E-state index contributed by atoms with van der Waals surface area (Å²) in [6, 6.07) is 0.215. The van der Waals surface area contributed by atoms with Gasteiger partial charge >= 0.3 is 0 Å². The predicted octanol–water partition coefficient (Wildman–Crippen LogP) is -0.765. The highest BCUT2D eigenvalue weighted by atomic mass is 32.2. The van der Waals surface area contributed by atoms with Gasteiger partial charge < -0.3 is 5.32 Å². The molecule has 0 aliphatic carbocycles. The van der Waals surface area contributed by atoms with Crippen LogP contribution in [-0.2, 0) is 19.9 Å². The molecular weight excluding hydrogens is 276 g/mol. The number of nitrogens with one attached hydrogen (secondary N) is 2. The van der Waals surface area contributed by atoms with Crippen molar-refractivity contribution in [2.24, 2.45) is 0 Å². The summed E-state index contributed by atoms with van der Waals surface area (Å²) in [7, 11) is -6.39. The summed E-state index contributed by atoms with van der Waals surface area (Å²) in [6.45, 7) is 1.35. The lowest BCUT2D eigenvalue weighted by Crippen LogP contribution is -2.44. The Balaban J connectivity index is 1.86. The molecule has 2 aliphatic heterocycles. The van der Waals surface area contributed by atoms with Gasteiger partial charge in [0.2, 0.25) is 10.0 Å². The highest BCUT2D eigenvalue weighted by molar-refractivity contribution is 7.92. The first-order valence-electron chi connectivity index (χ1n) is 6.31. The van der Waals surface area contributed by atoms with E-state index >= 15 is 0 Å². The fourth-order valence-electron chi connectivity index (χ4n) is 2.44. The Labute approximate surface area is 108 Å². The van der Waals surface area contributed by atoms with Crippen molar-refractivity contribution in [2.75, 3.05) is 24.6 Å². The van der Waals surface area contributed by atoms with Crippen LogP contribution >= 0.6 is 0 Å². The standard InChI is InChI=1S/C10H20N2O4S2/c13-17(14)6-3-10(4-7-17)18(15,16)12-8-9-2-1-5-11-9/h9-12H,1-8H2. The molecular formula is C10H20N2O4S2. The van der Waals surface area contributed by atoms with E-state index in [1.807, 2.05) is 0 Å². The van der Waals surface area contributed by atoms with Crippen LogP contribution in [0.25, 0.3) is 0 Å². The summed E-state index contributed by atoms with van der Waals surface area (Å²) in [5, 5.41) is 2.67. The minimum atomic E-state index is -3.38. The van der Waals surface area contributed by atoms with Crippen molar-refractivity contribution in [1.29, 1.82) is 0 Å². The van der Waals surface area contributed by atoms with Crippen LogP contribution in [0.1, 0.15) is 25.7 Å². The molecule has 2 rings (SSSR count). The molecule has 106 valence electrons. The van der Waals surface area contributed by atoms with Crippen molar-refractivity contribution in [2.45, 2.75) is 37.0 Å². The van der Waals surface area contributed by atoms with Crippen LogP contribution in [-0.4, -0.2) is 52.7 Å². The fraction of sp³-hybridized carbons (Fsp3) is 1.00. The Morgan fingerprint density at radius 2 is 1.83 bits per heavy atom. The van der Waals surface area contributed by atoms with Crippen LogP contribution in [0.15, 0.2) is 0 Å². The van der Waals surface area contributed by atoms with Crippen LogP contribution < -0.4 is 10.0 Å². The second-order valence-corrected chi connectivity index (χ2v) is 9.39. The molecule has 0 saturated carbocycles. The minimum Gasteiger partial charge on any atom is -0.313 e. The van der Waals surface area contributed by atoms with Crippen LogP contribution in [0.3, 0.4) is 0 Å². The third-order valence-corrected chi connectivity index (χ3v) is 7.27. The number of hydrogen-bond donors (Lipinski definition) is 2. The lowest BCUT2D eigenvalue weighted by Gasteiger charge is -2.23. The lowest BCUT2D eigenvalue weighted by atomic mass is 10.2. The SMILES string of the molecule is O=S1(=O)CCC(S(=O)(=O)NCC2CCCN2)CC1. The molecule has 0 radical (unpaired) electrons. The predicted molar refractivity (Wildman–Crippen MR) is 69.6 cm³/mol. The molecule has 0 bridgehead atoms. The number of rotatable bonds is 4. The van der Waals surface area contributed by atoms with Crippen molar-refractivity contribution < 1.29 is 16.8 Å². The molecule has 18 heavy (non-hydrogen) atoms. The molecule has 2 saturated heterocycles. The van der Waals surface area contributed by atoms with Gasteiger partial charge in [-0.1, -0.05) is 0 Å². The zero-order chi connectivity index (χ0) is 13.2. The molecule has 1 unspecified atom stereocenters. The first-order chi connectivity index (χ1) is 8.39. The Bertz CT molecular complexity index is 466. The van der Waals surface area contributed by atoms with Gasteiger partial charge in [0, 0.05) is 12.6 Å². The van der Waals surface area contributed by atoms with E-state index < -0.39 is 25.1 Å². The van der Waals surface area contributed by atoms with Crippen molar-refractivity contribution >= 4 is 19.9 Å². The molecule has 2 aliphatic rings. The summed E-state index contributed by atoms with van der Waals surface area (Å²) in [5.41, 5.74) is 0. The first-order valence-corrected chi connectivity index (χ1v) is 9.68. The molecule has 2 fully saturated rings. The van der Waals surface area contributed by atoms with E-state index in [1.165, 1.54) is 0 Å². The van der Waals surface area contributed by atoms with Crippen molar-refractivity contribution in [3.05, 3.63) is 0 Å². The molecule has 0 aromatic rings. The second kappa shape index (κ2) is 5.44. The first kappa shape index (κ1) is 14.2. The molecule has 8 heteroatoms. The largest absolute Gasteiger partial charge is 0.313 e. The molecule has 2 heterocycles. The normalized spacial score (nSPS) is 29.4. The quantitative estimate of drug-likeness (QED) is 0.711. The maximum Gasteiger partial charge on any atom is 0.214 e. The van der Waals surface area contributed by atoms with Gasteiger partial charge in [-0.25, -0.2) is 21.6 Å². The maximum atomic E-state index is 12.0. The van der Waals surface area contributed by atoms with Gasteiger partial charge in [0.25, 0.3) is 0 Å². The third-order valence-electron chi connectivity index (χ3n) is 3.63. The zero-order valence-corrected chi connectivity index (χ0v) is 11.9. The number of sulfonamides is 1. The van der Waals surface area contributed by atoms with Crippen molar-refractivity contribution in [1.82, 2.24) is 10.0 Å². The molecule has 0 spiro atoms. The van der Waals surface area contributed by atoms with Crippen LogP contribution in [0.5, 0.6) is 0 Å². The van der Waals surface area contributed by atoms with Gasteiger partial charge in [0.1, 0.15) is 9.84 Å². The molecule has 0 amide bonds. The van der Waals surface area contributed by atoms with Gasteiger partial charge in [-0.05, 0) is 32.2 Å². The van der Waals surface area contributed by atoms with E-state index in [9.17, 15) is 16.8 Å². The van der Waals surface area contributed by atoms with Crippen LogP contribution in [0.4, 0.5) is 0 Å². The van der Waals surface area contributed by atoms with E-state index in [0.717, 1.165) is 19.4 Å². The average Bonchev–Trinajstić information content (AvgIpc) is 2.79. The van der Waals surface area contributed by atoms with Crippen LogP contribution in [0.2, 0.25) is 0 Å². The van der Waals surface area contributed by atoms with E-state index in [0.29, 0.717) is 6.54 Å². The Morgan fingerprint density at radius 1 is 1.17 bits per heavy atom. The van der Waals surface area contributed by atoms with E-state index in [4.69, 9.17) is 0 Å². The highest BCUT2D eigenvalue weighted by Gasteiger charge is 2.33. The van der Waals surface area contributed by atoms with Gasteiger partial charge in [-0.15, -0.1) is 0 Å². The van der Waals surface area contributed by atoms with Gasteiger partial charge in [0.15, 0.2) is 0 Å². The summed E-state index contributed by atoms with van der Waals surface area (Å²) in [6.07, 6.45) is 2.50. The van der Waals surface area contributed by atoms with Crippen molar-refractivity contribution in [3.8, 4) is 0 Å². The summed E-state index contributed by atoms with van der Waals surface area (Å²) in [4.78, 5) is 0. The smallest absolute Gasteiger partial charge is 0.214 e. The van der Waals surface area contributed by atoms with Gasteiger partial charge in [0.05, 0.1) is 16.8 Å². The molecule has 0 aromatic heterocycles. The lowest BCUT2D eigenvalue weighted by molar-refractivity contribution is 0.527. The van der Waals surface area contributed by atoms with E-state index in [1.54, 1.807) is 0 Å². The third kappa shape index (κ3) is 3.66.